The zero-order chi connectivity index (χ0) is 21.6. The summed E-state index contributed by atoms with van der Waals surface area (Å²) in [5.41, 5.74) is 0.405. The number of benzene rings is 1. The standard InChI is InChI=1S/C18H17AsN4O6/c1-4-29-18-11(9-20)12(19)7-16(22-18)21-17(24)6-10-5-15(28-3)13(23(25)26)8-14(10)27-2/h5,7-8H,4,6H2,1-3H3,(H,21,22,24). The van der Waals surface area contributed by atoms with Crippen LogP contribution in [0.15, 0.2) is 18.2 Å². The fraction of sp³-hybridized carbons (Fsp3) is 0.278. The van der Waals surface area contributed by atoms with E-state index in [1.54, 1.807) is 6.92 Å². The Hall–Kier alpha value is -3.31. The van der Waals surface area contributed by atoms with Crippen LogP contribution in [0.2, 0.25) is 0 Å². The quantitative estimate of drug-likeness (QED) is 0.353. The monoisotopic (exact) mass is 460 g/mol. The van der Waals surface area contributed by atoms with Crippen molar-refractivity contribution in [2.45, 2.75) is 13.3 Å². The maximum absolute atomic E-state index is 12.5. The number of carbonyl (C=O) groups excluding carboxylic acids is 1. The summed E-state index contributed by atoms with van der Waals surface area (Å²) in [5, 5.41) is 23.0. The molecule has 2 radical (unpaired) electrons. The van der Waals surface area contributed by atoms with E-state index in [0.717, 1.165) is 0 Å². The normalized spacial score (nSPS) is 10.0. The minimum atomic E-state index is -0.595. The van der Waals surface area contributed by atoms with Crippen molar-refractivity contribution in [3.8, 4) is 23.4 Å². The van der Waals surface area contributed by atoms with Crippen molar-refractivity contribution in [1.82, 2.24) is 4.98 Å². The molecular weight excluding hydrogens is 443 g/mol. The number of nitro benzene ring substituents is 1. The van der Waals surface area contributed by atoms with Crippen LogP contribution in [0.25, 0.3) is 0 Å². The van der Waals surface area contributed by atoms with Crippen LogP contribution in [0.5, 0.6) is 17.4 Å². The van der Waals surface area contributed by atoms with E-state index in [4.69, 9.17) is 14.2 Å². The number of methoxy groups -OCH3 is 2. The van der Waals surface area contributed by atoms with Crippen LogP contribution < -0.4 is 23.9 Å². The van der Waals surface area contributed by atoms with Crippen molar-refractivity contribution < 1.29 is 23.9 Å². The number of nitro groups is 1. The van der Waals surface area contributed by atoms with Crippen molar-refractivity contribution in [2.24, 2.45) is 0 Å². The molecule has 0 aliphatic carbocycles. The average Bonchev–Trinajstić information content (AvgIpc) is 2.67. The molecule has 2 aromatic rings. The molecule has 0 saturated carbocycles. The van der Waals surface area contributed by atoms with E-state index >= 15 is 0 Å². The molecule has 0 saturated heterocycles. The van der Waals surface area contributed by atoms with E-state index in [0.29, 0.717) is 16.5 Å². The summed E-state index contributed by atoms with van der Waals surface area (Å²) in [5.74, 6) is 0.0925. The first-order valence-corrected chi connectivity index (χ1v) is 9.24. The number of amides is 1. The van der Waals surface area contributed by atoms with Crippen molar-refractivity contribution >= 4 is 38.6 Å². The zero-order valence-electron chi connectivity index (χ0n) is 15.9. The molecule has 1 aromatic carbocycles. The van der Waals surface area contributed by atoms with Crippen LogP contribution in [0, 0.1) is 21.4 Å². The van der Waals surface area contributed by atoms with Crippen molar-refractivity contribution in [1.29, 1.82) is 5.26 Å². The van der Waals surface area contributed by atoms with E-state index in [2.05, 4.69) is 27.2 Å². The molecule has 1 aromatic heterocycles. The van der Waals surface area contributed by atoms with Crippen LogP contribution in [0.3, 0.4) is 0 Å². The van der Waals surface area contributed by atoms with Gasteiger partial charge in [0.15, 0.2) is 0 Å². The number of ether oxygens (including phenoxy) is 3. The Balaban J connectivity index is 2.30. The number of carbonyl (C=O) groups is 1. The molecule has 0 aliphatic rings. The molecule has 150 valence electrons. The van der Waals surface area contributed by atoms with Crippen molar-refractivity contribution in [3.05, 3.63) is 39.4 Å². The Labute approximate surface area is 175 Å². The number of hydrogen-bond acceptors (Lipinski definition) is 8. The van der Waals surface area contributed by atoms with Crippen LogP contribution in [-0.2, 0) is 11.2 Å². The van der Waals surface area contributed by atoms with Gasteiger partial charge in [0.05, 0.1) is 0 Å². The Morgan fingerprint density at radius 3 is 2.55 bits per heavy atom. The summed E-state index contributed by atoms with van der Waals surface area (Å²) < 4.78 is 16.1. The topological polar surface area (TPSA) is 137 Å². The summed E-state index contributed by atoms with van der Waals surface area (Å²) in [4.78, 5) is 27.2. The Morgan fingerprint density at radius 2 is 2.00 bits per heavy atom. The molecule has 0 bridgehead atoms. The number of anilines is 1. The number of hydrogen-bond donors (Lipinski definition) is 1. The van der Waals surface area contributed by atoms with Gasteiger partial charge in [-0.2, -0.15) is 0 Å². The first-order valence-electron chi connectivity index (χ1n) is 8.30. The number of nitriles is 1. The first-order chi connectivity index (χ1) is 13.8. The number of nitrogens with zero attached hydrogens (tertiary/aromatic N) is 3. The molecule has 29 heavy (non-hydrogen) atoms. The predicted molar refractivity (Wildman–Crippen MR) is 104 cm³/mol. The second-order valence-corrected chi connectivity index (χ2v) is 6.58. The SMILES string of the molecule is CCOc1nc(NC(=O)Cc2cc(OC)c([N+](=O)[O-])cc2OC)cc([As])c1C#N. The third-order valence-electron chi connectivity index (χ3n) is 3.76. The van der Waals surface area contributed by atoms with Gasteiger partial charge in [0.25, 0.3) is 0 Å². The molecule has 0 unspecified atom stereocenters. The van der Waals surface area contributed by atoms with Crippen molar-refractivity contribution in [3.63, 3.8) is 0 Å². The Kier molecular flexibility index (Phi) is 7.39. The van der Waals surface area contributed by atoms with Gasteiger partial charge in [-0.25, -0.2) is 0 Å². The molecule has 1 N–H and O–H groups in total. The fourth-order valence-electron chi connectivity index (χ4n) is 2.50. The van der Waals surface area contributed by atoms with E-state index in [9.17, 15) is 20.2 Å². The van der Waals surface area contributed by atoms with Gasteiger partial charge in [0, 0.05) is 0 Å². The van der Waals surface area contributed by atoms with Gasteiger partial charge in [0.2, 0.25) is 0 Å². The summed E-state index contributed by atoms with van der Waals surface area (Å²) in [6.45, 7) is 2.07. The maximum atomic E-state index is 12.5. The number of nitrogens with one attached hydrogen (secondary N) is 1. The third-order valence-corrected chi connectivity index (χ3v) is 4.50. The molecule has 1 amide bonds. The van der Waals surface area contributed by atoms with E-state index in [1.807, 2.05) is 6.07 Å². The molecule has 0 aliphatic heterocycles. The van der Waals surface area contributed by atoms with Crippen molar-refractivity contribution in [2.75, 3.05) is 26.1 Å². The predicted octanol–water partition coefficient (Wildman–Crippen LogP) is 1.25. The molecule has 0 spiro atoms. The second kappa shape index (κ2) is 9.75. The second-order valence-electron chi connectivity index (χ2n) is 5.57. The fourth-order valence-corrected chi connectivity index (χ4v) is 3.07. The van der Waals surface area contributed by atoms with Crippen LogP contribution in [0.1, 0.15) is 18.1 Å². The molecule has 10 nitrogen and oxygen atoms in total. The number of aromatic nitrogens is 1. The van der Waals surface area contributed by atoms with Gasteiger partial charge in [-0.1, -0.05) is 0 Å². The molecule has 0 atom stereocenters. The third kappa shape index (κ3) is 5.15. The van der Waals surface area contributed by atoms with E-state index < -0.39 is 10.8 Å². The van der Waals surface area contributed by atoms with Gasteiger partial charge >= 0.3 is 175 Å². The molecule has 1 heterocycles. The average molecular weight is 460 g/mol. The van der Waals surface area contributed by atoms with Gasteiger partial charge < -0.3 is 0 Å². The van der Waals surface area contributed by atoms with Gasteiger partial charge in [-0.3, -0.25) is 0 Å². The summed E-state index contributed by atoms with van der Waals surface area (Å²) in [6.07, 6.45) is -0.142. The molecular formula is C18H17AsN4O6. The Bertz CT molecular complexity index is 989. The summed E-state index contributed by atoms with van der Waals surface area (Å²) in [7, 11) is 2.65. The van der Waals surface area contributed by atoms with Gasteiger partial charge in [-0.15, -0.1) is 0 Å². The van der Waals surface area contributed by atoms with Gasteiger partial charge in [0.1, 0.15) is 0 Å². The van der Waals surface area contributed by atoms with E-state index in [-0.39, 0.29) is 40.9 Å². The van der Waals surface area contributed by atoms with Crippen LogP contribution in [-0.4, -0.2) is 53.5 Å². The molecule has 11 heteroatoms. The summed E-state index contributed by atoms with van der Waals surface area (Å²) in [6, 6.07) is 6.13. The number of pyridine rings is 1. The van der Waals surface area contributed by atoms with Crippen LogP contribution >= 0.6 is 0 Å². The zero-order valence-corrected chi connectivity index (χ0v) is 17.8. The van der Waals surface area contributed by atoms with E-state index in [1.165, 1.54) is 32.4 Å². The first kappa shape index (κ1) is 22.0. The molecule has 2 rings (SSSR count). The van der Waals surface area contributed by atoms with Gasteiger partial charge in [-0.05, 0) is 0 Å². The molecule has 0 fully saturated rings. The number of rotatable bonds is 8. The Morgan fingerprint density at radius 1 is 1.31 bits per heavy atom. The minimum absolute atomic E-state index is 0.0156. The van der Waals surface area contributed by atoms with Crippen LogP contribution in [0.4, 0.5) is 11.5 Å². The summed E-state index contributed by atoms with van der Waals surface area (Å²) >= 11 is 2.23.